The molecule has 1 aliphatic rings. The lowest BCUT2D eigenvalue weighted by Crippen LogP contribution is -2.45. The fourth-order valence-corrected chi connectivity index (χ4v) is 4.05. The molecule has 3 amide bonds. The number of thiazole rings is 1. The number of imide groups is 1. The van der Waals surface area contributed by atoms with Crippen LogP contribution < -0.4 is 10.1 Å². The van der Waals surface area contributed by atoms with Gasteiger partial charge in [0.25, 0.3) is 11.8 Å². The minimum absolute atomic E-state index is 0.0936. The molecule has 3 aromatic rings. The Morgan fingerprint density at radius 2 is 1.61 bits per heavy atom. The van der Waals surface area contributed by atoms with E-state index in [4.69, 9.17) is 4.74 Å². The van der Waals surface area contributed by atoms with Gasteiger partial charge in [-0.1, -0.05) is 12.1 Å². The van der Waals surface area contributed by atoms with Gasteiger partial charge in [0.15, 0.2) is 5.13 Å². The first-order valence-corrected chi connectivity index (χ1v) is 10.7. The monoisotopic (exact) mass is 435 g/mol. The molecule has 31 heavy (non-hydrogen) atoms. The van der Waals surface area contributed by atoms with Crippen LogP contribution in [0.1, 0.15) is 41.5 Å². The number of anilines is 1. The summed E-state index contributed by atoms with van der Waals surface area (Å²) in [6.45, 7) is 5.46. The van der Waals surface area contributed by atoms with Crippen molar-refractivity contribution in [2.45, 2.75) is 32.9 Å². The van der Waals surface area contributed by atoms with E-state index in [0.717, 1.165) is 16.2 Å². The van der Waals surface area contributed by atoms with Crippen molar-refractivity contribution < 1.29 is 19.1 Å². The SMILES string of the molecule is CC(C)Oc1ccc(-c2csc(NC(=O)C(C)N3C(=O)c4ccccc4C3=O)n2)cc1. The van der Waals surface area contributed by atoms with E-state index in [2.05, 4.69) is 10.3 Å². The van der Waals surface area contributed by atoms with E-state index in [1.54, 1.807) is 24.3 Å². The van der Waals surface area contributed by atoms with Gasteiger partial charge in [-0.2, -0.15) is 0 Å². The molecular formula is C23H21N3O4S. The van der Waals surface area contributed by atoms with E-state index in [0.29, 0.717) is 22.0 Å². The zero-order valence-corrected chi connectivity index (χ0v) is 18.1. The van der Waals surface area contributed by atoms with Gasteiger partial charge in [-0.05, 0) is 57.2 Å². The summed E-state index contributed by atoms with van der Waals surface area (Å²) in [5.41, 5.74) is 2.23. The summed E-state index contributed by atoms with van der Waals surface area (Å²) in [7, 11) is 0. The molecule has 7 nitrogen and oxygen atoms in total. The number of fused-ring (bicyclic) bond motifs is 1. The van der Waals surface area contributed by atoms with Gasteiger partial charge in [-0.3, -0.25) is 19.3 Å². The summed E-state index contributed by atoms with van der Waals surface area (Å²) >= 11 is 1.27. The average molecular weight is 436 g/mol. The van der Waals surface area contributed by atoms with Crippen LogP contribution in [0.3, 0.4) is 0 Å². The summed E-state index contributed by atoms with van der Waals surface area (Å²) in [5, 5.41) is 4.94. The van der Waals surface area contributed by atoms with Crippen molar-refractivity contribution in [3.05, 3.63) is 65.0 Å². The zero-order valence-electron chi connectivity index (χ0n) is 17.3. The number of carbonyl (C=O) groups is 3. The van der Waals surface area contributed by atoms with Gasteiger partial charge in [0.05, 0.1) is 22.9 Å². The van der Waals surface area contributed by atoms with E-state index in [1.807, 2.05) is 43.5 Å². The van der Waals surface area contributed by atoms with Crippen LogP contribution in [0.15, 0.2) is 53.9 Å². The molecule has 0 fully saturated rings. The van der Waals surface area contributed by atoms with E-state index in [-0.39, 0.29) is 6.10 Å². The van der Waals surface area contributed by atoms with Crippen LogP contribution in [0.4, 0.5) is 5.13 Å². The molecule has 1 N–H and O–H groups in total. The molecule has 0 bridgehead atoms. The lowest BCUT2D eigenvalue weighted by atomic mass is 10.1. The van der Waals surface area contributed by atoms with Crippen LogP contribution >= 0.6 is 11.3 Å². The molecule has 0 saturated heterocycles. The lowest BCUT2D eigenvalue weighted by molar-refractivity contribution is -0.119. The fourth-order valence-electron chi connectivity index (χ4n) is 3.33. The molecule has 2 heterocycles. The molecule has 8 heteroatoms. The number of nitrogens with one attached hydrogen (secondary N) is 1. The standard InChI is InChI=1S/C23H21N3O4S/c1-13(2)30-16-10-8-15(9-11-16)19-12-31-23(24-19)25-20(27)14(3)26-21(28)17-6-4-5-7-18(17)22(26)29/h4-14H,1-3H3,(H,24,25,27). The van der Waals surface area contributed by atoms with Crippen LogP contribution in [0.2, 0.25) is 0 Å². The number of amides is 3. The summed E-state index contributed by atoms with van der Waals surface area (Å²) in [4.78, 5) is 43.4. The quantitative estimate of drug-likeness (QED) is 0.586. The van der Waals surface area contributed by atoms with Crippen molar-refractivity contribution in [1.29, 1.82) is 0 Å². The Balaban J connectivity index is 1.45. The van der Waals surface area contributed by atoms with Crippen molar-refractivity contribution in [3.63, 3.8) is 0 Å². The Bertz CT molecular complexity index is 1120. The van der Waals surface area contributed by atoms with Crippen LogP contribution in [-0.2, 0) is 4.79 Å². The molecule has 0 aliphatic carbocycles. The Morgan fingerprint density at radius 3 is 2.19 bits per heavy atom. The zero-order chi connectivity index (χ0) is 22.1. The van der Waals surface area contributed by atoms with Crippen LogP contribution in [0.25, 0.3) is 11.3 Å². The Morgan fingerprint density at radius 1 is 1.00 bits per heavy atom. The average Bonchev–Trinajstić information content (AvgIpc) is 3.31. The third kappa shape index (κ3) is 4.06. The molecule has 0 saturated carbocycles. The molecule has 1 atom stereocenters. The highest BCUT2D eigenvalue weighted by atomic mass is 32.1. The number of carbonyl (C=O) groups excluding carboxylic acids is 3. The molecule has 1 aliphatic heterocycles. The molecular weight excluding hydrogens is 414 g/mol. The highest BCUT2D eigenvalue weighted by Crippen LogP contribution is 2.28. The molecule has 0 radical (unpaired) electrons. The Hall–Kier alpha value is -3.52. The smallest absolute Gasteiger partial charge is 0.262 e. The Kier molecular flexibility index (Phi) is 5.56. The summed E-state index contributed by atoms with van der Waals surface area (Å²) in [6.07, 6.45) is 0.0936. The van der Waals surface area contributed by atoms with E-state index >= 15 is 0 Å². The van der Waals surface area contributed by atoms with Crippen molar-refractivity contribution in [2.24, 2.45) is 0 Å². The van der Waals surface area contributed by atoms with Gasteiger partial charge in [0.1, 0.15) is 11.8 Å². The molecule has 158 valence electrons. The maximum absolute atomic E-state index is 12.7. The summed E-state index contributed by atoms with van der Waals surface area (Å²) in [6, 6.07) is 13.1. The maximum atomic E-state index is 12.7. The first-order valence-electron chi connectivity index (χ1n) is 9.85. The minimum atomic E-state index is -0.966. The van der Waals surface area contributed by atoms with Gasteiger partial charge < -0.3 is 10.1 Å². The van der Waals surface area contributed by atoms with Gasteiger partial charge in [0, 0.05) is 10.9 Å². The fraction of sp³-hybridized carbons (Fsp3) is 0.217. The second-order valence-electron chi connectivity index (χ2n) is 7.42. The van der Waals surface area contributed by atoms with Gasteiger partial charge in [-0.15, -0.1) is 11.3 Å². The molecule has 1 aromatic heterocycles. The third-order valence-corrected chi connectivity index (χ3v) is 5.61. The topological polar surface area (TPSA) is 88.6 Å². The van der Waals surface area contributed by atoms with Crippen LogP contribution in [0, 0.1) is 0 Å². The molecule has 0 spiro atoms. The highest BCUT2D eigenvalue weighted by Gasteiger charge is 2.40. The van der Waals surface area contributed by atoms with Crippen molar-refractivity contribution in [1.82, 2.24) is 9.88 Å². The number of hydrogen-bond acceptors (Lipinski definition) is 6. The second-order valence-corrected chi connectivity index (χ2v) is 8.28. The van der Waals surface area contributed by atoms with E-state index in [1.165, 1.54) is 18.3 Å². The Labute approximate surface area is 183 Å². The predicted octanol–water partition coefficient (Wildman–Crippen LogP) is 4.22. The largest absolute Gasteiger partial charge is 0.491 e. The summed E-state index contributed by atoms with van der Waals surface area (Å²) in [5.74, 6) is -0.632. The second kappa shape index (κ2) is 8.31. The number of hydrogen-bond donors (Lipinski definition) is 1. The van der Waals surface area contributed by atoms with E-state index < -0.39 is 23.8 Å². The normalized spacial score (nSPS) is 14.0. The highest BCUT2D eigenvalue weighted by molar-refractivity contribution is 7.14. The maximum Gasteiger partial charge on any atom is 0.262 e. The molecule has 1 unspecified atom stereocenters. The van der Waals surface area contributed by atoms with Crippen molar-refractivity contribution in [2.75, 3.05) is 5.32 Å². The van der Waals surface area contributed by atoms with Crippen LogP contribution in [0.5, 0.6) is 5.75 Å². The van der Waals surface area contributed by atoms with Gasteiger partial charge in [0.2, 0.25) is 5.91 Å². The number of benzene rings is 2. The lowest BCUT2D eigenvalue weighted by Gasteiger charge is -2.21. The van der Waals surface area contributed by atoms with Crippen LogP contribution in [-0.4, -0.2) is 39.8 Å². The van der Waals surface area contributed by atoms with Crippen molar-refractivity contribution >= 4 is 34.2 Å². The number of ether oxygens (including phenoxy) is 1. The van der Waals surface area contributed by atoms with Gasteiger partial charge >= 0.3 is 0 Å². The first kappa shape index (κ1) is 20.7. The number of rotatable bonds is 6. The first-order chi connectivity index (χ1) is 14.8. The molecule has 2 aromatic carbocycles. The molecule has 4 rings (SSSR count). The summed E-state index contributed by atoms with van der Waals surface area (Å²) < 4.78 is 5.64. The van der Waals surface area contributed by atoms with Crippen molar-refractivity contribution in [3.8, 4) is 17.0 Å². The third-order valence-electron chi connectivity index (χ3n) is 4.85. The van der Waals surface area contributed by atoms with E-state index in [9.17, 15) is 14.4 Å². The number of nitrogens with zero attached hydrogens (tertiary/aromatic N) is 2. The minimum Gasteiger partial charge on any atom is -0.491 e. The van der Waals surface area contributed by atoms with Gasteiger partial charge in [-0.25, -0.2) is 4.98 Å². The predicted molar refractivity (Wildman–Crippen MR) is 118 cm³/mol. The number of aromatic nitrogens is 1.